The van der Waals surface area contributed by atoms with E-state index in [0.29, 0.717) is 0 Å². The molecule has 2 nitrogen and oxygen atoms in total. The number of unbranched alkanes of at least 4 members (excludes halogenated alkanes) is 16. The lowest BCUT2D eigenvalue weighted by molar-refractivity contribution is 0.179. The van der Waals surface area contributed by atoms with Gasteiger partial charge < -0.3 is 10.2 Å². The van der Waals surface area contributed by atoms with Crippen molar-refractivity contribution in [3.05, 3.63) is 0 Å². The van der Waals surface area contributed by atoms with Crippen LogP contribution in [0.5, 0.6) is 0 Å². The molecule has 2 N–H and O–H groups in total. The summed E-state index contributed by atoms with van der Waals surface area (Å²) in [5.74, 6) is 1.57. The van der Waals surface area contributed by atoms with E-state index < -0.39 is 0 Å². The summed E-state index contributed by atoms with van der Waals surface area (Å²) in [6.07, 6.45) is 25.5. The van der Waals surface area contributed by atoms with E-state index in [2.05, 4.69) is 13.8 Å². The molecule has 0 spiro atoms. The normalized spacial score (nSPS) is 13.7. The first-order chi connectivity index (χ1) is 14.2. The molecule has 0 bridgehead atoms. The maximum Gasteiger partial charge on any atom is 0.0630 e. The first-order valence-corrected chi connectivity index (χ1v) is 14.3. The van der Waals surface area contributed by atoms with Gasteiger partial charge in [-0.1, -0.05) is 129 Å². The van der Waals surface area contributed by atoms with E-state index >= 15 is 0 Å². The van der Waals surface area contributed by atoms with Gasteiger partial charge in [-0.05, 0) is 12.8 Å². The van der Waals surface area contributed by atoms with Crippen molar-refractivity contribution in [2.45, 2.75) is 154 Å². The van der Waals surface area contributed by atoms with Gasteiger partial charge in [-0.25, -0.2) is 0 Å². The van der Waals surface area contributed by atoms with Crippen molar-refractivity contribution >= 4 is 11.8 Å². The Hall–Kier alpha value is 0.270. The average molecular weight is 431 g/mol. The van der Waals surface area contributed by atoms with Crippen molar-refractivity contribution < 1.29 is 10.2 Å². The molecule has 2 unspecified atom stereocenters. The Kier molecular flexibility index (Phi) is 24.8. The Morgan fingerprint density at radius 3 is 1.03 bits per heavy atom. The molecule has 0 rings (SSSR count). The van der Waals surface area contributed by atoms with Gasteiger partial charge in [0.15, 0.2) is 0 Å². The number of rotatable bonds is 24. The van der Waals surface area contributed by atoms with Gasteiger partial charge >= 0.3 is 0 Å². The second-order valence-corrected chi connectivity index (χ2v) is 10.2. The molecule has 0 aromatic carbocycles. The van der Waals surface area contributed by atoms with E-state index in [4.69, 9.17) is 0 Å². The maximum atomic E-state index is 10.1. The molecule has 29 heavy (non-hydrogen) atoms. The lowest BCUT2D eigenvalue weighted by Crippen LogP contribution is -2.14. The highest BCUT2D eigenvalue weighted by molar-refractivity contribution is 7.99. The zero-order chi connectivity index (χ0) is 21.4. The van der Waals surface area contributed by atoms with E-state index in [-0.39, 0.29) is 12.2 Å². The Morgan fingerprint density at radius 1 is 0.448 bits per heavy atom. The molecule has 0 saturated carbocycles. The van der Waals surface area contributed by atoms with Crippen LogP contribution in [-0.4, -0.2) is 33.9 Å². The first kappa shape index (κ1) is 29.3. The number of aliphatic hydroxyl groups is 2. The van der Waals surface area contributed by atoms with Crippen molar-refractivity contribution in [1.29, 1.82) is 0 Å². The second-order valence-electron chi connectivity index (χ2n) is 9.08. The summed E-state index contributed by atoms with van der Waals surface area (Å²) < 4.78 is 0. The van der Waals surface area contributed by atoms with E-state index in [0.717, 1.165) is 37.2 Å². The summed E-state index contributed by atoms with van der Waals surface area (Å²) in [7, 11) is 0. The van der Waals surface area contributed by atoms with Gasteiger partial charge in [0.25, 0.3) is 0 Å². The van der Waals surface area contributed by atoms with Crippen LogP contribution in [0.2, 0.25) is 0 Å². The molecule has 0 aromatic rings. The molecule has 176 valence electrons. The van der Waals surface area contributed by atoms with Crippen LogP contribution in [0.4, 0.5) is 0 Å². The lowest BCUT2D eigenvalue weighted by atomic mass is 10.1. The molecule has 0 heterocycles. The SMILES string of the molecule is CCCCCCCCCCCC(O)CSCC(O)CCCCCCCCCCC. The fraction of sp³-hybridized carbons (Fsp3) is 1.00. The smallest absolute Gasteiger partial charge is 0.0630 e. The molecule has 3 heteroatoms. The molecule has 0 saturated heterocycles. The summed E-state index contributed by atoms with van der Waals surface area (Å²) in [5, 5.41) is 20.2. The van der Waals surface area contributed by atoms with Crippen molar-refractivity contribution in [3.8, 4) is 0 Å². The Bertz CT molecular complexity index is 270. The largest absolute Gasteiger partial charge is 0.392 e. The van der Waals surface area contributed by atoms with Crippen LogP contribution < -0.4 is 0 Å². The van der Waals surface area contributed by atoms with Crippen LogP contribution in [0.25, 0.3) is 0 Å². The fourth-order valence-corrected chi connectivity index (χ4v) is 4.90. The minimum absolute atomic E-state index is 0.190. The molecule has 0 aliphatic carbocycles. The Morgan fingerprint density at radius 2 is 0.724 bits per heavy atom. The standard InChI is InChI=1S/C26H54O2S/c1-3-5-7-9-11-13-15-17-19-21-25(27)23-29-24-26(28)22-20-18-16-14-12-10-8-6-4-2/h25-28H,3-24H2,1-2H3. The number of thioether (sulfide) groups is 1. The number of hydrogen-bond donors (Lipinski definition) is 2. The zero-order valence-corrected chi connectivity index (χ0v) is 20.8. The summed E-state index contributed by atoms with van der Waals surface area (Å²) >= 11 is 1.73. The summed E-state index contributed by atoms with van der Waals surface area (Å²) in [4.78, 5) is 0. The van der Waals surface area contributed by atoms with Gasteiger partial charge in [0.05, 0.1) is 12.2 Å². The third-order valence-electron chi connectivity index (χ3n) is 5.90. The molecule has 0 aliphatic rings. The van der Waals surface area contributed by atoms with E-state index in [9.17, 15) is 10.2 Å². The average Bonchev–Trinajstić information content (AvgIpc) is 2.71. The summed E-state index contributed by atoms with van der Waals surface area (Å²) in [5.41, 5.74) is 0. The minimum atomic E-state index is -0.190. The molecule has 2 atom stereocenters. The van der Waals surface area contributed by atoms with E-state index in [1.807, 2.05) is 0 Å². The third-order valence-corrected chi connectivity index (χ3v) is 7.14. The fourth-order valence-electron chi connectivity index (χ4n) is 3.89. The monoisotopic (exact) mass is 430 g/mol. The van der Waals surface area contributed by atoms with Gasteiger partial charge in [-0.3, -0.25) is 0 Å². The molecule has 0 radical (unpaired) electrons. The Balaban J connectivity index is 3.28. The topological polar surface area (TPSA) is 40.5 Å². The summed E-state index contributed by atoms with van der Waals surface area (Å²) in [6, 6.07) is 0. The van der Waals surface area contributed by atoms with Crippen molar-refractivity contribution in [2.24, 2.45) is 0 Å². The summed E-state index contributed by atoms with van der Waals surface area (Å²) in [6.45, 7) is 4.53. The Labute approximate surface area is 188 Å². The zero-order valence-electron chi connectivity index (χ0n) is 20.0. The van der Waals surface area contributed by atoms with Crippen LogP contribution in [0.15, 0.2) is 0 Å². The molecular weight excluding hydrogens is 376 g/mol. The van der Waals surface area contributed by atoms with Gasteiger partial charge in [0.1, 0.15) is 0 Å². The third kappa shape index (κ3) is 24.4. The maximum absolute atomic E-state index is 10.1. The van der Waals surface area contributed by atoms with Crippen LogP contribution in [-0.2, 0) is 0 Å². The van der Waals surface area contributed by atoms with Crippen LogP contribution in [0, 0.1) is 0 Å². The van der Waals surface area contributed by atoms with Gasteiger partial charge in [-0.2, -0.15) is 11.8 Å². The molecule has 0 amide bonds. The molecule has 0 fully saturated rings. The van der Waals surface area contributed by atoms with Gasteiger partial charge in [0, 0.05) is 11.5 Å². The van der Waals surface area contributed by atoms with Crippen LogP contribution in [0.3, 0.4) is 0 Å². The predicted octanol–water partition coefficient (Wildman–Crippen LogP) is 8.28. The van der Waals surface area contributed by atoms with E-state index in [1.54, 1.807) is 11.8 Å². The van der Waals surface area contributed by atoms with Gasteiger partial charge in [-0.15, -0.1) is 0 Å². The van der Waals surface area contributed by atoms with Crippen LogP contribution >= 0.6 is 11.8 Å². The van der Waals surface area contributed by atoms with Crippen molar-refractivity contribution in [1.82, 2.24) is 0 Å². The lowest BCUT2D eigenvalue weighted by Gasteiger charge is -2.13. The van der Waals surface area contributed by atoms with Gasteiger partial charge in [0.2, 0.25) is 0 Å². The molecular formula is C26H54O2S. The van der Waals surface area contributed by atoms with E-state index in [1.165, 1.54) is 103 Å². The van der Waals surface area contributed by atoms with Crippen molar-refractivity contribution in [2.75, 3.05) is 11.5 Å². The van der Waals surface area contributed by atoms with Crippen LogP contribution in [0.1, 0.15) is 142 Å². The number of aliphatic hydroxyl groups excluding tert-OH is 2. The predicted molar refractivity (Wildman–Crippen MR) is 133 cm³/mol. The highest BCUT2D eigenvalue weighted by atomic mass is 32.2. The molecule has 0 aliphatic heterocycles. The first-order valence-electron chi connectivity index (χ1n) is 13.1. The highest BCUT2D eigenvalue weighted by Crippen LogP contribution is 2.16. The minimum Gasteiger partial charge on any atom is -0.392 e. The second kappa shape index (κ2) is 24.5. The highest BCUT2D eigenvalue weighted by Gasteiger charge is 2.08. The number of hydrogen-bond acceptors (Lipinski definition) is 3. The quantitative estimate of drug-likeness (QED) is 0.151. The molecule has 0 aromatic heterocycles. The van der Waals surface area contributed by atoms with Crippen molar-refractivity contribution in [3.63, 3.8) is 0 Å².